The molecule has 0 saturated carbocycles. The van der Waals surface area contributed by atoms with E-state index in [1.165, 1.54) is 20.1 Å². The van der Waals surface area contributed by atoms with Crippen molar-refractivity contribution in [1.82, 2.24) is 15.5 Å². The van der Waals surface area contributed by atoms with Gasteiger partial charge in [-0.15, -0.1) is 0 Å². The number of hydrogen-bond donors (Lipinski definition) is 2. The summed E-state index contributed by atoms with van der Waals surface area (Å²) in [7, 11) is 0. The van der Waals surface area contributed by atoms with Crippen molar-refractivity contribution in [2.75, 3.05) is 6.54 Å². The number of urea groups is 1. The molecular formula is C20H21N3O5. The Hall–Kier alpha value is -3.42. The Bertz CT molecular complexity index is 920. The molecule has 8 heteroatoms. The number of amides is 4. The van der Waals surface area contributed by atoms with E-state index in [0.717, 1.165) is 10.5 Å². The number of nitrogens with one attached hydrogen (secondary N) is 2. The molecule has 1 aliphatic rings. The fourth-order valence-corrected chi connectivity index (χ4v) is 3.15. The van der Waals surface area contributed by atoms with Crippen molar-refractivity contribution >= 4 is 23.6 Å². The first-order chi connectivity index (χ1) is 13.2. The summed E-state index contributed by atoms with van der Waals surface area (Å²) in [5.41, 5.74) is -0.128. The highest BCUT2D eigenvalue weighted by molar-refractivity contribution is 6.11. The van der Waals surface area contributed by atoms with E-state index in [2.05, 4.69) is 10.6 Å². The molecule has 1 aliphatic heterocycles. The lowest BCUT2D eigenvalue weighted by Crippen LogP contribution is -2.41. The van der Waals surface area contributed by atoms with Gasteiger partial charge in [0.15, 0.2) is 11.3 Å². The average molecular weight is 383 g/mol. The van der Waals surface area contributed by atoms with Gasteiger partial charge in [0.2, 0.25) is 5.91 Å². The van der Waals surface area contributed by atoms with Crippen LogP contribution in [0.3, 0.4) is 0 Å². The Morgan fingerprint density at radius 2 is 1.89 bits per heavy atom. The van der Waals surface area contributed by atoms with Gasteiger partial charge < -0.3 is 15.1 Å². The normalized spacial score (nSPS) is 20.0. The molecule has 1 saturated heterocycles. The van der Waals surface area contributed by atoms with Gasteiger partial charge in [-0.25, -0.2) is 4.79 Å². The minimum atomic E-state index is -1.33. The average Bonchev–Trinajstić information content (AvgIpc) is 3.26. The summed E-state index contributed by atoms with van der Waals surface area (Å²) in [5.74, 6) is -0.759. The van der Waals surface area contributed by atoms with E-state index in [9.17, 15) is 19.2 Å². The van der Waals surface area contributed by atoms with E-state index < -0.39 is 17.5 Å². The standard InChI is InChI=1S/C20H21N3O5/c1-12(21-13(2)24)14-6-8-15(9-7-14)16(25)11-23-18(26)20(3,22-19(23)27)17-5-4-10-28-17/h4-10,12H,11H2,1-3H3,(H,21,24)(H,22,27). The molecule has 2 N–H and O–H groups in total. The monoisotopic (exact) mass is 383 g/mol. The smallest absolute Gasteiger partial charge is 0.325 e. The molecule has 2 unspecified atom stereocenters. The van der Waals surface area contributed by atoms with Crippen LogP contribution in [0.15, 0.2) is 47.1 Å². The van der Waals surface area contributed by atoms with Gasteiger partial charge in [-0.1, -0.05) is 24.3 Å². The van der Waals surface area contributed by atoms with Crippen LogP contribution in [0.2, 0.25) is 0 Å². The zero-order valence-electron chi connectivity index (χ0n) is 15.8. The third-order valence-corrected chi connectivity index (χ3v) is 4.74. The fraction of sp³-hybridized carbons (Fsp3) is 0.300. The maximum Gasteiger partial charge on any atom is 0.325 e. The van der Waals surface area contributed by atoms with Crippen LogP contribution in [-0.4, -0.2) is 35.1 Å². The van der Waals surface area contributed by atoms with Crippen molar-refractivity contribution in [3.05, 3.63) is 59.5 Å². The summed E-state index contributed by atoms with van der Waals surface area (Å²) in [6, 6.07) is 9.06. The second-order valence-electron chi connectivity index (χ2n) is 6.89. The van der Waals surface area contributed by atoms with Crippen LogP contribution >= 0.6 is 0 Å². The van der Waals surface area contributed by atoms with Crippen LogP contribution in [0.5, 0.6) is 0 Å². The summed E-state index contributed by atoms with van der Waals surface area (Å²) in [4.78, 5) is 49.6. The number of rotatable bonds is 6. The Kier molecular flexibility index (Phi) is 5.04. The van der Waals surface area contributed by atoms with Crippen molar-refractivity contribution in [2.24, 2.45) is 0 Å². The maximum absolute atomic E-state index is 12.7. The van der Waals surface area contributed by atoms with Crippen LogP contribution in [0.1, 0.15) is 48.5 Å². The Labute approximate surface area is 161 Å². The van der Waals surface area contributed by atoms with Crippen molar-refractivity contribution in [2.45, 2.75) is 32.4 Å². The SMILES string of the molecule is CC(=O)NC(C)c1ccc(C(=O)CN2C(=O)NC(C)(c3ccco3)C2=O)cc1. The van der Waals surface area contributed by atoms with Crippen molar-refractivity contribution in [1.29, 1.82) is 0 Å². The molecule has 0 bridgehead atoms. The fourth-order valence-electron chi connectivity index (χ4n) is 3.15. The highest BCUT2D eigenvalue weighted by atomic mass is 16.3. The van der Waals surface area contributed by atoms with Gasteiger partial charge >= 0.3 is 6.03 Å². The molecule has 2 heterocycles. The maximum atomic E-state index is 12.7. The number of benzene rings is 1. The van der Waals surface area contributed by atoms with Gasteiger partial charge in [0.25, 0.3) is 5.91 Å². The number of carbonyl (C=O) groups is 4. The number of Topliss-reactive ketones (excluding diaryl/α,β-unsaturated/α-hetero) is 1. The largest absolute Gasteiger partial charge is 0.466 e. The van der Waals surface area contributed by atoms with Gasteiger partial charge in [0, 0.05) is 12.5 Å². The minimum Gasteiger partial charge on any atom is -0.466 e. The summed E-state index contributed by atoms with van der Waals surface area (Å²) >= 11 is 0. The number of furan rings is 1. The lowest BCUT2D eigenvalue weighted by atomic mass is 9.99. The predicted octanol–water partition coefficient (Wildman–Crippen LogP) is 2.13. The highest BCUT2D eigenvalue weighted by Gasteiger charge is 2.51. The van der Waals surface area contributed by atoms with Crippen LogP contribution in [0, 0.1) is 0 Å². The molecule has 4 amide bonds. The van der Waals surface area contributed by atoms with Crippen molar-refractivity contribution in [3.63, 3.8) is 0 Å². The molecule has 2 aromatic rings. The lowest BCUT2D eigenvalue weighted by Gasteiger charge is -2.18. The number of ketones is 1. The zero-order chi connectivity index (χ0) is 20.5. The van der Waals surface area contributed by atoms with Gasteiger partial charge in [0.05, 0.1) is 18.8 Å². The molecule has 0 spiro atoms. The first-order valence-corrected chi connectivity index (χ1v) is 8.80. The van der Waals surface area contributed by atoms with Crippen LogP contribution in [0.25, 0.3) is 0 Å². The first-order valence-electron chi connectivity index (χ1n) is 8.80. The Morgan fingerprint density at radius 3 is 2.46 bits per heavy atom. The molecule has 2 atom stereocenters. The quantitative estimate of drug-likeness (QED) is 0.587. The van der Waals surface area contributed by atoms with E-state index in [-0.39, 0.29) is 24.3 Å². The number of hydrogen-bond acceptors (Lipinski definition) is 5. The molecule has 0 radical (unpaired) electrons. The van der Waals surface area contributed by atoms with E-state index >= 15 is 0 Å². The number of imide groups is 1. The van der Waals surface area contributed by atoms with Gasteiger partial charge in [-0.2, -0.15) is 0 Å². The van der Waals surface area contributed by atoms with E-state index in [0.29, 0.717) is 11.3 Å². The van der Waals surface area contributed by atoms with Crippen LogP contribution < -0.4 is 10.6 Å². The zero-order valence-corrected chi connectivity index (χ0v) is 15.8. The molecule has 28 heavy (non-hydrogen) atoms. The minimum absolute atomic E-state index is 0.147. The second kappa shape index (κ2) is 7.30. The molecule has 0 aliphatic carbocycles. The molecule has 1 fully saturated rings. The molecule has 1 aromatic carbocycles. The number of carbonyl (C=O) groups excluding carboxylic acids is 4. The summed E-state index contributed by atoms with van der Waals surface area (Å²) in [6.45, 7) is 4.43. The van der Waals surface area contributed by atoms with Gasteiger partial charge in [0.1, 0.15) is 5.76 Å². The van der Waals surface area contributed by atoms with Crippen molar-refractivity contribution < 1.29 is 23.6 Å². The number of nitrogens with zero attached hydrogens (tertiary/aromatic N) is 1. The summed E-state index contributed by atoms with van der Waals surface area (Å²) in [6.07, 6.45) is 1.41. The summed E-state index contributed by atoms with van der Waals surface area (Å²) < 4.78 is 5.26. The summed E-state index contributed by atoms with van der Waals surface area (Å²) in [5, 5.41) is 5.34. The van der Waals surface area contributed by atoms with Gasteiger partial charge in [-0.05, 0) is 31.5 Å². The van der Waals surface area contributed by atoms with Crippen LogP contribution in [-0.2, 0) is 15.1 Å². The molecule has 146 valence electrons. The van der Waals surface area contributed by atoms with Crippen LogP contribution in [0.4, 0.5) is 4.79 Å². The molecule has 3 rings (SSSR count). The van der Waals surface area contributed by atoms with E-state index in [1.54, 1.807) is 36.4 Å². The van der Waals surface area contributed by atoms with E-state index in [1.807, 2.05) is 6.92 Å². The molecule has 1 aromatic heterocycles. The second-order valence-corrected chi connectivity index (χ2v) is 6.89. The highest BCUT2D eigenvalue weighted by Crippen LogP contribution is 2.29. The lowest BCUT2D eigenvalue weighted by molar-refractivity contribution is -0.131. The molecule has 8 nitrogen and oxygen atoms in total. The van der Waals surface area contributed by atoms with Gasteiger partial charge in [-0.3, -0.25) is 19.3 Å². The topological polar surface area (TPSA) is 109 Å². The first kappa shape index (κ1) is 19.3. The van der Waals surface area contributed by atoms with Crippen molar-refractivity contribution in [3.8, 4) is 0 Å². The Balaban J connectivity index is 1.72. The molecular weight excluding hydrogens is 362 g/mol. The third kappa shape index (κ3) is 3.53. The predicted molar refractivity (Wildman–Crippen MR) is 99.3 cm³/mol. The van der Waals surface area contributed by atoms with E-state index in [4.69, 9.17) is 4.42 Å². The third-order valence-electron chi connectivity index (χ3n) is 4.74. The Morgan fingerprint density at radius 1 is 1.21 bits per heavy atom.